The largest absolute Gasteiger partial charge is 0.384 e. The fraction of sp³-hybridized carbons (Fsp3) is 0.591. The lowest BCUT2D eigenvalue weighted by Crippen LogP contribution is -2.23. The Morgan fingerprint density at radius 3 is 2.33 bits per heavy atom. The van der Waals surface area contributed by atoms with Crippen LogP contribution in [0.2, 0.25) is 0 Å². The van der Waals surface area contributed by atoms with E-state index in [9.17, 15) is 0 Å². The van der Waals surface area contributed by atoms with E-state index >= 15 is 0 Å². The number of nitrogens with one attached hydrogen (secondary N) is 1. The van der Waals surface area contributed by atoms with Crippen molar-refractivity contribution in [2.45, 2.75) is 78.6 Å². The predicted octanol–water partition coefficient (Wildman–Crippen LogP) is 6.46. The van der Waals surface area contributed by atoms with Crippen molar-refractivity contribution in [1.29, 1.82) is 0 Å². The number of allylic oxidation sites excluding steroid dienone is 2. The van der Waals surface area contributed by atoms with Gasteiger partial charge in [0.15, 0.2) is 0 Å². The molecule has 2 heteroatoms. The Hall–Kier alpha value is -1.57. The molecular weight excluding hydrogens is 292 g/mol. The van der Waals surface area contributed by atoms with Crippen molar-refractivity contribution in [2.75, 3.05) is 6.54 Å². The van der Waals surface area contributed by atoms with Crippen LogP contribution in [0.4, 0.5) is 5.69 Å². The fourth-order valence-electron chi connectivity index (χ4n) is 3.23. The number of aliphatic imine (C=N–C) groups is 1. The van der Waals surface area contributed by atoms with E-state index in [0.29, 0.717) is 11.8 Å². The van der Waals surface area contributed by atoms with E-state index in [1.54, 1.807) is 0 Å². The minimum Gasteiger partial charge on any atom is -0.384 e. The van der Waals surface area contributed by atoms with E-state index in [2.05, 4.69) is 64.2 Å². The Morgan fingerprint density at radius 2 is 1.75 bits per heavy atom. The maximum atomic E-state index is 5.21. The summed E-state index contributed by atoms with van der Waals surface area (Å²) in [6, 6.07) is 6.67. The van der Waals surface area contributed by atoms with Gasteiger partial charge in [-0.3, -0.25) is 4.99 Å². The van der Waals surface area contributed by atoms with Crippen LogP contribution in [0.1, 0.15) is 89.7 Å². The Morgan fingerprint density at radius 1 is 1.08 bits per heavy atom. The highest BCUT2D eigenvalue weighted by Gasteiger charge is 2.17. The maximum absolute atomic E-state index is 5.21. The molecule has 1 aliphatic rings. The van der Waals surface area contributed by atoms with Gasteiger partial charge in [-0.05, 0) is 48.6 Å². The van der Waals surface area contributed by atoms with Gasteiger partial charge in [0.05, 0.1) is 17.1 Å². The summed E-state index contributed by atoms with van der Waals surface area (Å²) in [5.74, 6) is 0.985. The van der Waals surface area contributed by atoms with Crippen molar-refractivity contribution in [3.8, 4) is 0 Å². The first kappa shape index (κ1) is 18.8. The molecule has 0 unspecified atom stereocenters. The molecule has 2 nitrogen and oxygen atoms in total. The van der Waals surface area contributed by atoms with E-state index in [0.717, 1.165) is 19.4 Å². The molecule has 0 aromatic heterocycles. The first-order chi connectivity index (χ1) is 11.5. The molecule has 24 heavy (non-hydrogen) atoms. The molecule has 1 aromatic carbocycles. The van der Waals surface area contributed by atoms with Crippen LogP contribution in [0.3, 0.4) is 0 Å². The summed E-state index contributed by atoms with van der Waals surface area (Å²) >= 11 is 0. The number of rotatable bonds is 7. The number of para-hydroxylation sites is 1. The number of nitrogens with zero attached hydrogens (tertiary/aromatic N) is 1. The summed E-state index contributed by atoms with van der Waals surface area (Å²) in [6.07, 6.45) is 8.22. The average Bonchev–Trinajstić information content (AvgIpc) is 2.56. The highest BCUT2D eigenvalue weighted by Crippen LogP contribution is 2.35. The van der Waals surface area contributed by atoms with Crippen LogP contribution in [-0.2, 0) is 0 Å². The maximum Gasteiger partial charge on any atom is 0.0703 e. The lowest BCUT2D eigenvalue weighted by atomic mass is 9.92. The van der Waals surface area contributed by atoms with Crippen molar-refractivity contribution < 1.29 is 0 Å². The van der Waals surface area contributed by atoms with Crippen molar-refractivity contribution in [2.24, 2.45) is 4.99 Å². The Kier molecular flexibility index (Phi) is 7.08. The predicted molar refractivity (Wildman–Crippen MR) is 107 cm³/mol. The second-order valence-electron chi connectivity index (χ2n) is 7.44. The van der Waals surface area contributed by atoms with E-state index in [-0.39, 0.29) is 0 Å². The van der Waals surface area contributed by atoms with E-state index in [1.165, 1.54) is 47.5 Å². The van der Waals surface area contributed by atoms with Gasteiger partial charge in [-0.1, -0.05) is 65.3 Å². The summed E-state index contributed by atoms with van der Waals surface area (Å²) in [6.45, 7) is 12.3. The Labute approximate surface area is 148 Å². The third-order valence-corrected chi connectivity index (χ3v) is 4.71. The van der Waals surface area contributed by atoms with Gasteiger partial charge in [0, 0.05) is 6.54 Å². The molecule has 1 aromatic rings. The van der Waals surface area contributed by atoms with Crippen LogP contribution in [0, 0.1) is 0 Å². The Bertz CT molecular complexity index is 568. The molecule has 2 rings (SSSR count). The van der Waals surface area contributed by atoms with Crippen LogP contribution >= 0.6 is 0 Å². The standard InChI is InChI=1S/C22H34N2/c1-6-7-15-23-20-13-8-9-14-21(20)24-22-18(16(2)3)11-10-12-19(22)17(4)5/h10-13,16-17,23H,6-9,14-15H2,1-5H3/b24-21+. The molecule has 0 amide bonds. The van der Waals surface area contributed by atoms with Gasteiger partial charge in [-0.15, -0.1) is 0 Å². The number of hydrogen-bond donors (Lipinski definition) is 1. The second-order valence-corrected chi connectivity index (χ2v) is 7.44. The van der Waals surface area contributed by atoms with Crippen LogP contribution < -0.4 is 5.32 Å². The highest BCUT2D eigenvalue weighted by atomic mass is 14.9. The van der Waals surface area contributed by atoms with Crippen molar-refractivity contribution >= 4 is 11.4 Å². The fourth-order valence-corrected chi connectivity index (χ4v) is 3.23. The summed E-state index contributed by atoms with van der Waals surface area (Å²) < 4.78 is 0. The van der Waals surface area contributed by atoms with Gasteiger partial charge in [0.2, 0.25) is 0 Å². The molecule has 0 saturated heterocycles. The smallest absolute Gasteiger partial charge is 0.0703 e. The molecule has 0 radical (unpaired) electrons. The molecule has 1 N–H and O–H groups in total. The molecule has 0 bridgehead atoms. The normalized spacial score (nSPS) is 16.8. The SMILES string of the molecule is CCCCNC1=CCCC/C1=N\c1c(C(C)C)cccc1C(C)C. The van der Waals surface area contributed by atoms with Crippen LogP contribution in [0.25, 0.3) is 0 Å². The minimum atomic E-state index is 0.493. The molecule has 0 aliphatic heterocycles. The zero-order chi connectivity index (χ0) is 17.5. The van der Waals surface area contributed by atoms with Gasteiger partial charge in [0.1, 0.15) is 0 Å². The lowest BCUT2D eigenvalue weighted by Gasteiger charge is -2.21. The van der Waals surface area contributed by atoms with Gasteiger partial charge < -0.3 is 5.32 Å². The number of benzene rings is 1. The third-order valence-electron chi connectivity index (χ3n) is 4.71. The van der Waals surface area contributed by atoms with Gasteiger partial charge >= 0.3 is 0 Å². The van der Waals surface area contributed by atoms with E-state index in [4.69, 9.17) is 4.99 Å². The molecule has 132 valence electrons. The number of hydrogen-bond acceptors (Lipinski definition) is 2. The molecular formula is C22H34N2. The minimum absolute atomic E-state index is 0.493. The summed E-state index contributed by atoms with van der Waals surface area (Å²) in [7, 11) is 0. The summed E-state index contributed by atoms with van der Waals surface area (Å²) in [4.78, 5) is 5.21. The molecule has 0 saturated carbocycles. The van der Waals surface area contributed by atoms with Crippen LogP contribution in [0.5, 0.6) is 0 Å². The molecule has 0 heterocycles. The Balaban J connectivity index is 2.40. The molecule has 0 atom stereocenters. The van der Waals surface area contributed by atoms with Crippen LogP contribution in [-0.4, -0.2) is 12.3 Å². The summed E-state index contributed by atoms with van der Waals surface area (Å²) in [5, 5.41) is 3.62. The first-order valence-electron chi connectivity index (χ1n) is 9.69. The quantitative estimate of drug-likeness (QED) is 0.571. The van der Waals surface area contributed by atoms with E-state index in [1.807, 2.05) is 0 Å². The lowest BCUT2D eigenvalue weighted by molar-refractivity contribution is 0.709. The topological polar surface area (TPSA) is 24.4 Å². The van der Waals surface area contributed by atoms with Crippen molar-refractivity contribution in [1.82, 2.24) is 5.32 Å². The third kappa shape index (κ3) is 4.72. The van der Waals surface area contributed by atoms with Crippen molar-refractivity contribution in [3.05, 3.63) is 41.1 Å². The zero-order valence-corrected chi connectivity index (χ0v) is 16.2. The first-order valence-corrected chi connectivity index (χ1v) is 9.69. The second kappa shape index (κ2) is 9.05. The van der Waals surface area contributed by atoms with E-state index < -0.39 is 0 Å². The monoisotopic (exact) mass is 326 g/mol. The molecule has 1 aliphatic carbocycles. The van der Waals surface area contributed by atoms with Gasteiger partial charge in [0.25, 0.3) is 0 Å². The van der Waals surface area contributed by atoms with Gasteiger partial charge in [-0.2, -0.15) is 0 Å². The van der Waals surface area contributed by atoms with Crippen LogP contribution in [0.15, 0.2) is 35.0 Å². The summed E-state index contributed by atoms with van der Waals surface area (Å²) in [5.41, 5.74) is 6.46. The van der Waals surface area contributed by atoms with Crippen molar-refractivity contribution in [3.63, 3.8) is 0 Å². The van der Waals surface area contributed by atoms with Gasteiger partial charge in [-0.25, -0.2) is 0 Å². The molecule has 0 spiro atoms. The molecule has 0 fully saturated rings. The zero-order valence-electron chi connectivity index (χ0n) is 16.2. The average molecular weight is 327 g/mol. The highest BCUT2D eigenvalue weighted by molar-refractivity contribution is 6.02. The number of unbranched alkanes of at least 4 members (excludes halogenated alkanes) is 1.